The third-order valence-corrected chi connectivity index (χ3v) is 5.15. The zero-order valence-electron chi connectivity index (χ0n) is 12.0. The molecule has 1 aliphatic carbocycles. The van der Waals surface area contributed by atoms with E-state index in [4.69, 9.17) is 27.9 Å². The van der Waals surface area contributed by atoms with E-state index in [1.165, 1.54) is 0 Å². The summed E-state index contributed by atoms with van der Waals surface area (Å²) >= 11 is 12.1. The number of halogens is 2. The van der Waals surface area contributed by atoms with E-state index in [9.17, 15) is 5.11 Å². The van der Waals surface area contributed by atoms with E-state index in [1.54, 1.807) is 19.2 Å². The minimum absolute atomic E-state index is 0.435. The monoisotopic (exact) mass is 316 g/mol. The summed E-state index contributed by atoms with van der Waals surface area (Å²) in [6.07, 6.45) is 3.95. The van der Waals surface area contributed by atoms with Crippen molar-refractivity contribution in [3.63, 3.8) is 0 Å². The molecule has 0 saturated heterocycles. The molecule has 2 rings (SSSR count). The third kappa shape index (κ3) is 3.48. The van der Waals surface area contributed by atoms with Crippen LogP contribution in [0.3, 0.4) is 0 Å². The van der Waals surface area contributed by atoms with Gasteiger partial charge >= 0.3 is 0 Å². The minimum atomic E-state index is -0.543. The Morgan fingerprint density at radius 3 is 2.55 bits per heavy atom. The van der Waals surface area contributed by atoms with Crippen LogP contribution in [0.25, 0.3) is 0 Å². The number of aliphatic hydroxyl groups is 1. The van der Waals surface area contributed by atoms with Crippen molar-refractivity contribution >= 4 is 23.2 Å². The predicted octanol–water partition coefficient (Wildman–Crippen LogP) is 4.49. The molecule has 1 aromatic rings. The maximum absolute atomic E-state index is 10.6. The summed E-state index contributed by atoms with van der Waals surface area (Å²) in [5.41, 5.74) is 0.480. The molecule has 0 aromatic heterocycles. The van der Waals surface area contributed by atoms with E-state index in [0.29, 0.717) is 22.4 Å². The van der Waals surface area contributed by atoms with E-state index >= 15 is 0 Å². The normalized spacial score (nSPS) is 28.4. The third-order valence-electron chi connectivity index (χ3n) is 4.56. The summed E-state index contributed by atoms with van der Waals surface area (Å²) in [7, 11) is 1.70. The van der Waals surface area contributed by atoms with Crippen molar-refractivity contribution in [2.24, 2.45) is 5.92 Å². The van der Waals surface area contributed by atoms with Gasteiger partial charge in [0.1, 0.15) is 0 Å². The largest absolute Gasteiger partial charge is 0.390 e. The fourth-order valence-electron chi connectivity index (χ4n) is 3.01. The zero-order chi connectivity index (χ0) is 14.8. The number of rotatable bonds is 4. The molecule has 0 heterocycles. The smallest absolute Gasteiger partial charge is 0.0939 e. The quantitative estimate of drug-likeness (QED) is 0.886. The molecule has 2 nitrogen and oxygen atoms in total. The van der Waals surface area contributed by atoms with Crippen LogP contribution in [0.1, 0.15) is 38.2 Å². The first-order chi connectivity index (χ1) is 9.47. The van der Waals surface area contributed by atoms with Crippen LogP contribution in [0.4, 0.5) is 0 Å². The molecule has 0 spiro atoms. The maximum Gasteiger partial charge on any atom is 0.0939 e. The van der Waals surface area contributed by atoms with Gasteiger partial charge in [0.05, 0.1) is 11.7 Å². The molecule has 1 aliphatic rings. The van der Waals surface area contributed by atoms with Crippen LogP contribution < -0.4 is 0 Å². The molecule has 1 aromatic carbocycles. The van der Waals surface area contributed by atoms with Gasteiger partial charge in [-0.15, -0.1) is 0 Å². The summed E-state index contributed by atoms with van der Waals surface area (Å²) in [6, 6.07) is 5.40. The minimum Gasteiger partial charge on any atom is -0.390 e. The van der Waals surface area contributed by atoms with Gasteiger partial charge in [-0.1, -0.05) is 36.2 Å². The van der Waals surface area contributed by atoms with E-state index in [-0.39, 0.29) is 0 Å². The zero-order valence-corrected chi connectivity index (χ0v) is 13.5. The fraction of sp³-hybridized carbons (Fsp3) is 0.625. The summed E-state index contributed by atoms with van der Waals surface area (Å²) in [4.78, 5) is 0. The first-order valence-corrected chi connectivity index (χ1v) is 7.89. The highest BCUT2D eigenvalue weighted by molar-refractivity contribution is 6.35. The molecule has 1 fully saturated rings. The molecule has 0 bridgehead atoms. The second-order valence-corrected chi connectivity index (χ2v) is 6.75. The summed E-state index contributed by atoms with van der Waals surface area (Å²) in [6.45, 7) is 2.25. The van der Waals surface area contributed by atoms with Crippen LogP contribution in [0, 0.1) is 5.92 Å². The van der Waals surface area contributed by atoms with Gasteiger partial charge in [0.15, 0.2) is 0 Å². The maximum atomic E-state index is 10.6. The van der Waals surface area contributed by atoms with Crippen LogP contribution in [0.15, 0.2) is 18.2 Å². The van der Waals surface area contributed by atoms with Crippen LogP contribution >= 0.6 is 23.2 Å². The lowest BCUT2D eigenvalue weighted by atomic mass is 9.75. The van der Waals surface area contributed by atoms with Gasteiger partial charge in [-0.2, -0.15) is 0 Å². The summed E-state index contributed by atoms with van der Waals surface area (Å²) < 4.78 is 5.71. The molecule has 0 amide bonds. The highest BCUT2D eigenvalue weighted by Gasteiger charge is 2.40. The number of aliphatic hydroxyl groups excluding tert-OH is 1. The number of hydrogen-bond donors (Lipinski definition) is 1. The van der Waals surface area contributed by atoms with Crippen molar-refractivity contribution in [3.8, 4) is 0 Å². The van der Waals surface area contributed by atoms with Crippen LogP contribution in [-0.4, -0.2) is 23.9 Å². The highest BCUT2D eigenvalue weighted by atomic mass is 35.5. The van der Waals surface area contributed by atoms with Gasteiger partial charge in [0.2, 0.25) is 0 Å². The number of methoxy groups -OCH3 is 1. The lowest BCUT2D eigenvalue weighted by Gasteiger charge is -2.41. The molecule has 0 aliphatic heterocycles. The van der Waals surface area contributed by atoms with E-state index in [1.807, 2.05) is 6.07 Å². The van der Waals surface area contributed by atoms with Gasteiger partial charge in [-0.25, -0.2) is 0 Å². The SMILES string of the molecule is COC1(C(O)Cc2ccc(Cl)cc2Cl)CCC(C)CC1. The first kappa shape index (κ1) is 16.1. The van der Waals surface area contributed by atoms with E-state index in [0.717, 1.165) is 31.2 Å². The second kappa shape index (κ2) is 6.65. The van der Waals surface area contributed by atoms with Gasteiger partial charge in [-0.3, -0.25) is 0 Å². The Morgan fingerprint density at radius 1 is 1.35 bits per heavy atom. The molecule has 1 unspecified atom stereocenters. The Bertz CT molecular complexity index is 454. The molecule has 1 saturated carbocycles. The molecule has 20 heavy (non-hydrogen) atoms. The van der Waals surface area contributed by atoms with Crippen LogP contribution in [0.2, 0.25) is 10.0 Å². The molecular weight excluding hydrogens is 295 g/mol. The van der Waals surface area contributed by atoms with Crippen molar-refractivity contribution in [2.45, 2.75) is 50.7 Å². The van der Waals surface area contributed by atoms with Gasteiger partial charge in [0, 0.05) is 23.6 Å². The predicted molar refractivity (Wildman–Crippen MR) is 83.5 cm³/mol. The molecule has 1 atom stereocenters. The van der Waals surface area contributed by atoms with E-state index < -0.39 is 11.7 Å². The van der Waals surface area contributed by atoms with E-state index in [2.05, 4.69) is 6.92 Å². The van der Waals surface area contributed by atoms with Crippen LogP contribution in [-0.2, 0) is 11.2 Å². The first-order valence-electron chi connectivity index (χ1n) is 7.14. The Morgan fingerprint density at radius 2 is 2.00 bits per heavy atom. The Balaban J connectivity index is 2.11. The van der Waals surface area contributed by atoms with Crippen molar-refractivity contribution in [1.29, 1.82) is 0 Å². The lowest BCUT2D eigenvalue weighted by molar-refractivity contribution is -0.127. The average Bonchev–Trinajstić information content (AvgIpc) is 2.43. The fourth-order valence-corrected chi connectivity index (χ4v) is 3.49. The summed E-state index contributed by atoms with van der Waals surface area (Å²) in [5, 5.41) is 11.9. The molecule has 1 N–H and O–H groups in total. The number of benzene rings is 1. The van der Waals surface area contributed by atoms with Crippen LogP contribution in [0.5, 0.6) is 0 Å². The highest BCUT2D eigenvalue weighted by Crippen LogP contribution is 2.38. The average molecular weight is 317 g/mol. The standard InChI is InChI=1S/C16H22Cl2O2/c1-11-5-7-16(20-2,8-6-11)15(19)9-12-3-4-13(17)10-14(12)18/h3-4,10-11,15,19H,5-9H2,1-2H3. The van der Waals surface area contributed by atoms with Crippen molar-refractivity contribution in [1.82, 2.24) is 0 Å². The topological polar surface area (TPSA) is 29.5 Å². The summed E-state index contributed by atoms with van der Waals surface area (Å²) in [5.74, 6) is 0.713. The number of ether oxygens (including phenoxy) is 1. The van der Waals surface area contributed by atoms with Gasteiger partial charge < -0.3 is 9.84 Å². The lowest BCUT2D eigenvalue weighted by Crippen LogP contribution is -2.47. The Kier molecular flexibility index (Phi) is 5.36. The molecule has 4 heteroatoms. The van der Waals surface area contributed by atoms with Gasteiger partial charge in [0.25, 0.3) is 0 Å². The molecular formula is C16H22Cl2O2. The number of hydrogen-bond acceptors (Lipinski definition) is 2. The Labute approximate surface area is 131 Å². The van der Waals surface area contributed by atoms with Gasteiger partial charge in [-0.05, 0) is 49.3 Å². The molecule has 112 valence electrons. The van der Waals surface area contributed by atoms with Crippen molar-refractivity contribution in [3.05, 3.63) is 33.8 Å². The van der Waals surface area contributed by atoms with Crippen molar-refractivity contribution in [2.75, 3.05) is 7.11 Å². The Hall–Kier alpha value is -0.280. The molecule has 0 radical (unpaired) electrons. The second-order valence-electron chi connectivity index (χ2n) is 5.91. The van der Waals surface area contributed by atoms with Crippen molar-refractivity contribution < 1.29 is 9.84 Å².